The van der Waals surface area contributed by atoms with Crippen LogP contribution in [0.1, 0.15) is 13.3 Å². The third-order valence-corrected chi connectivity index (χ3v) is 6.19. The van der Waals surface area contributed by atoms with E-state index in [-0.39, 0.29) is 35.3 Å². The van der Waals surface area contributed by atoms with Gasteiger partial charge in [-0.3, -0.25) is 0 Å². The van der Waals surface area contributed by atoms with Crippen LogP contribution in [0.25, 0.3) is 0 Å². The van der Waals surface area contributed by atoms with Crippen LogP contribution in [-0.2, 0) is 30.5 Å². The molecule has 0 heterocycles. The van der Waals surface area contributed by atoms with Crippen LogP contribution in [0.4, 0.5) is 0 Å². The molecule has 0 aliphatic carbocycles. The van der Waals surface area contributed by atoms with Gasteiger partial charge in [0.25, 0.3) is 0 Å². The van der Waals surface area contributed by atoms with Gasteiger partial charge >= 0.3 is 0 Å². The monoisotopic (exact) mass is 536 g/mol. The first-order valence-electron chi connectivity index (χ1n) is 7.72. The van der Waals surface area contributed by atoms with Gasteiger partial charge in [0.2, 0.25) is 0 Å². The molecule has 0 N–H and O–H groups in total. The van der Waals surface area contributed by atoms with Crippen molar-refractivity contribution in [3.63, 3.8) is 0 Å². The van der Waals surface area contributed by atoms with Gasteiger partial charge in [0.1, 0.15) is 0 Å². The fourth-order valence-electron chi connectivity index (χ4n) is 1.94. The fraction of sp³-hybridized carbons (Fsp3) is 0.368. The molecule has 0 fully saturated rings. The third kappa shape index (κ3) is 9.30. The van der Waals surface area contributed by atoms with Crippen molar-refractivity contribution in [1.29, 1.82) is 0 Å². The molecule has 2 rings (SSSR count). The predicted molar refractivity (Wildman–Crippen MR) is 103 cm³/mol. The standard InChI is InChI=1S/C15H16ClP.C4H10O2.W/c16-12-7-13-17(14-8-3-1-4-9-14)15-10-5-2-6-11-15;1-4(5-2)6-3;/h1-6,8-11H,7,12-13H2;4H,1-3H3;. The summed E-state index contributed by atoms with van der Waals surface area (Å²) in [4.78, 5) is 0. The Labute approximate surface area is 166 Å². The summed E-state index contributed by atoms with van der Waals surface area (Å²) < 4.78 is 9.35. The molecule has 0 spiro atoms. The molecule has 0 unspecified atom stereocenters. The van der Waals surface area contributed by atoms with Gasteiger partial charge in [-0.2, -0.15) is 0 Å². The molecular weight excluding hydrogens is 510 g/mol. The molecule has 5 heteroatoms. The summed E-state index contributed by atoms with van der Waals surface area (Å²) in [6.45, 7) is 1.83. The van der Waals surface area contributed by atoms with E-state index in [1.807, 2.05) is 6.92 Å². The summed E-state index contributed by atoms with van der Waals surface area (Å²) in [5.74, 6) is 0.749. The first-order chi connectivity index (χ1) is 11.2. The van der Waals surface area contributed by atoms with E-state index in [9.17, 15) is 0 Å². The Morgan fingerprint density at radius 2 is 1.29 bits per heavy atom. The molecule has 2 aromatic carbocycles. The predicted octanol–water partition coefficient (Wildman–Crippen LogP) is 4.37. The van der Waals surface area contributed by atoms with Gasteiger partial charge in [-0.05, 0) is 38.0 Å². The summed E-state index contributed by atoms with van der Waals surface area (Å²) in [7, 11) is 2.97. The smallest absolute Gasteiger partial charge is 0.154 e. The Morgan fingerprint density at radius 1 is 0.875 bits per heavy atom. The first-order valence-corrected chi connectivity index (χ1v) is 9.78. The second kappa shape index (κ2) is 15.1. The number of benzene rings is 2. The van der Waals surface area contributed by atoms with E-state index in [4.69, 9.17) is 11.6 Å². The number of halogens is 1. The number of hydrogen-bond donors (Lipinski definition) is 0. The molecule has 0 radical (unpaired) electrons. The largest absolute Gasteiger partial charge is 0.356 e. The van der Waals surface area contributed by atoms with E-state index in [1.54, 1.807) is 14.2 Å². The summed E-state index contributed by atoms with van der Waals surface area (Å²) >= 11 is 5.83. The minimum absolute atomic E-state index is 0. The molecule has 0 atom stereocenters. The zero-order valence-corrected chi connectivity index (χ0v) is 19.1. The van der Waals surface area contributed by atoms with Crippen LogP contribution >= 0.6 is 19.5 Å². The molecule has 2 aromatic rings. The topological polar surface area (TPSA) is 18.5 Å². The Kier molecular flexibility index (Phi) is 14.9. The molecule has 2 nitrogen and oxygen atoms in total. The SMILES string of the molecule is COC(C)OC.ClCCCP(c1ccccc1)c1ccccc1.[W]. The van der Waals surface area contributed by atoms with Crippen LogP contribution in [0.3, 0.4) is 0 Å². The molecule has 0 saturated carbocycles. The van der Waals surface area contributed by atoms with Crippen molar-refractivity contribution in [2.24, 2.45) is 0 Å². The minimum Gasteiger partial charge on any atom is -0.356 e. The van der Waals surface area contributed by atoms with Crippen molar-refractivity contribution in [2.45, 2.75) is 19.6 Å². The molecule has 0 aliphatic rings. The minimum atomic E-state index is -0.241. The van der Waals surface area contributed by atoms with Crippen LogP contribution < -0.4 is 10.6 Å². The molecule has 132 valence electrons. The molecule has 24 heavy (non-hydrogen) atoms. The van der Waals surface area contributed by atoms with E-state index in [1.165, 1.54) is 16.8 Å². The Hall–Kier alpha value is -0.232. The van der Waals surface area contributed by atoms with E-state index in [2.05, 4.69) is 70.1 Å². The van der Waals surface area contributed by atoms with E-state index >= 15 is 0 Å². The third-order valence-electron chi connectivity index (χ3n) is 3.31. The van der Waals surface area contributed by atoms with E-state index in [0.717, 1.165) is 12.3 Å². The van der Waals surface area contributed by atoms with Crippen molar-refractivity contribution < 1.29 is 30.5 Å². The van der Waals surface area contributed by atoms with Gasteiger partial charge in [0, 0.05) is 41.2 Å². The zero-order valence-electron chi connectivity index (χ0n) is 14.5. The van der Waals surface area contributed by atoms with Crippen molar-refractivity contribution in [1.82, 2.24) is 0 Å². The van der Waals surface area contributed by atoms with Gasteiger partial charge in [-0.1, -0.05) is 60.7 Å². The quantitative estimate of drug-likeness (QED) is 0.297. The first kappa shape index (κ1) is 23.8. The maximum absolute atomic E-state index is 5.83. The maximum Gasteiger partial charge on any atom is 0.154 e. The fourth-order valence-corrected chi connectivity index (χ4v) is 4.61. The average molecular weight is 537 g/mol. The summed E-state index contributed by atoms with van der Waals surface area (Å²) in [5.41, 5.74) is 0. The molecule has 0 aromatic heterocycles. The molecule has 0 bridgehead atoms. The normalized spacial score (nSPS) is 10.1. The average Bonchev–Trinajstić information content (AvgIpc) is 2.63. The number of rotatable bonds is 7. The van der Waals surface area contributed by atoms with Gasteiger partial charge in [0.05, 0.1) is 0 Å². The van der Waals surface area contributed by atoms with Crippen molar-refractivity contribution in [3.8, 4) is 0 Å². The summed E-state index contributed by atoms with van der Waals surface area (Å²) in [5, 5.41) is 2.89. The number of alkyl halides is 1. The Bertz CT molecular complexity index is 470. The van der Waals surface area contributed by atoms with E-state index in [0.29, 0.717) is 0 Å². The van der Waals surface area contributed by atoms with Crippen LogP contribution in [0.15, 0.2) is 60.7 Å². The van der Waals surface area contributed by atoms with Crippen LogP contribution in [0, 0.1) is 0 Å². The van der Waals surface area contributed by atoms with Crippen LogP contribution in [-0.4, -0.2) is 32.6 Å². The molecule has 0 amide bonds. The van der Waals surface area contributed by atoms with Crippen molar-refractivity contribution in [2.75, 3.05) is 26.3 Å². The van der Waals surface area contributed by atoms with E-state index < -0.39 is 0 Å². The Balaban J connectivity index is 0.000000655. The van der Waals surface area contributed by atoms with Gasteiger partial charge in [-0.15, -0.1) is 11.6 Å². The molecule has 0 saturated heterocycles. The second-order valence-corrected chi connectivity index (χ2v) is 7.62. The van der Waals surface area contributed by atoms with Gasteiger partial charge in [0.15, 0.2) is 6.29 Å². The number of methoxy groups -OCH3 is 2. The van der Waals surface area contributed by atoms with Crippen molar-refractivity contribution in [3.05, 3.63) is 60.7 Å². The molecule has 0 aliphatic heterocycles. The molecular formula is C19H26ClO2PW. The second-order valence-electron chi connectivity index (χ2n) is 4.90. The number of hydrogen-bond acceptors (Lipinski definition) is 2. The van der Waals surface area contributed by atoms with Crippen molar-refractivity contribution >= 4 is 30.1 Å². The van der Waals surface area contributed by atoms with Crippen LogP contribution in [0.2, 0.25) is 0 Å². The summed E-state index contributed by atoms with van der Waals surface area (Å²) in [6, 6.07) is 21.5. The van der Waals surface area contributed by atoms with Gasteiger partial charge in [-0.25, -0.2) is 0 Å². The zero-order chi connectivity index (χ0) is 16.9. The van der Waals surface area contributed by atoms with Gasteiger partial charge < -0.3 is 9.47 Å². The summed E-state index contributed by atoms with van der Waals surface area (Å²) in [6.07, 6.45) is 2.19. The van der Waals surface area contributed by atoms with Crippen LogP contribution in [0.5, 0.6) is 0 Å². The maximum atomic E-state index is 5.83. The number of ether oxygens (including phenoxy) is 2. The Morgan fingerprint density at radius 3 is 1.58 bits per heavy atom.